The van der Waals surface area contributed by atoms with Gasteiger partial charge in [-0.1, -0.05) is 30.3 Å². The average Bonchev–Trinajstić information content (AvgIpc) is 3.20. The highest BCUT2D eigenvalue weighted by Crippen LogP contribution is 2.41. The Morgan fingerprint density at radius 1 is 1.08 bits per heavy atom. The third-order valence-corrected chi connectivity index (χ3v) is 5.55. The van der Waals surface area contributed by atoms with E-state index in [4.69, 9.17) is 14.2 Å². The second-order valence-corrected chi connectivity index (χ2v) is 7.10. The van der Waals surface area contributed by atoms with Crippen molar-refractivity contribution in [3.8, 4) is 11.5 Å². The summed E-state index contributed by atoms with van der Waals surface area (Å²) in [5, 5.41) is 0. The van der Waals surface area contributed by atoms with Gasteiger partial charge in [0, 0.05) is 19.7 Å². The van der Waals surface area contributed by atoms with E-state index in [1.807, 2.05) is 0 Å². The Balaban J connectivity index is 1.74. The van der Waals surface area contributed by atoms with E-state index in [2.05, 4.69) is 47.4 Å². The van der Waals surface area contributed by atoms with Gasteiger partial charge in [-0.3, -0.25) is 4.90 Å². The molecular formula is C22H27NO3. The molecule has 0 bridgehead atoms. The second-order valence-electron chi connectivity index (χ2n) is 7.10. The molecule has 138 valence electrons. The lowest BCUT2D eigenvalue weighted by molar-refractivity contribution is 0.0603. The van der Waals surface area contributed by atoms with Crippen molar-refractivity contribution in [2.75, 3.05) is 33.9 Å². The summed E-state index contributed by atoms with van der Waals surface area (Å²) in [4.78, 5) is 2.57. The summed E-state index contributed by atoms with van der Waals surface area (Å²) in [6.07, 6.45) is 3.71. The van der Waals surface area contributed by atoms with Gasteiger partial charge >= 0.3 is 0 Å². The topological polar surface area (TPSA) is 30.9 Å². The van der Waals surface area contributed by atoms with Crippen molar-refractivity contribution in [2.24, 2.45) is 0 Å². The number of methoxy groups -OCH3 is 2. The highest BCUT2D eigenvalue weighted by molar-refractivity contribution is 5.51. The Morgan fingerprint density at radius 2 is 1.85 bits per heavy atom. The first-order valence-electron chi connectivity index (χ1n) is 9.45. The third-order valence-electron chi connectivity index (χ3n) is 5.55. The number of rotatable bonds is 5. The number of hydrogen-bond donors (Lipinski definition) is 0. The predicted molar refractivity (Wildman–Crippen MR) is 102 cm³/mol. The van der Waals surface area contributed by atoms with Gasteiger partial charge in [0.1, 0.15) is 0 Å². The maximum atomic E-state index is 5.92. The van der Waals surface area contributed by atoms with Gasteiger partial charge in [-0.25, -0.2) is 0 Å². The van der Waals surface area contributed by atoms with Crippen molar-refractivity contribution in [1.82, 2.24) is 4.90 Å². The number of benzene rings is 2. The van der Waals surface area contributed by atoms with Crippen molar-refractivity contribution in [3.05, 3.63) is 59.2 Å². The molecule has 0 N–H and O–H groups in total. The molecule has 0 aliphatic carbocycles. The van der Waals surface area contributed by atoms with Crippen molar-refractivity contribution in [3.63, 3.8) is 0 Å². The summed E-state index contributed by atoms with van der Waals surface area (Å²) >= 11 is 0. The molecule has 2 heterocycles. The Labute approximate surface area is 155 Å². The van der Waals surface area contributed by atoms with Crippen LogP contribution in [0.1, 0.15) is 35.6 Å². The number of ether oxygens (including phenoxy) is 3. The quantitative estimate of drug-likeness (QED) is 0.817. The molecule has 0 aromatic heterocycles. The normalized spacial score (nSPS) is 22.8. The van der Waals surface area contributed by atoms with Crippen LogP contribution in [0.15, 0.2) is 42.5 Å². The molecule has 2 aliphatic rings. The van der Waals surface area contributed by atoms with Crippen LogP contribution in [0.5, 0.6) is 11.5 Å². The number of hydrogen-bond acceptors (Lipinski definition) is 4. The van der Waals surface area contributed by atoms with E-state index in [0.29, 0.717) is 6.10 Å². The fourth-order valence-electron chi connectivity index (χ4n) is 4.27. The van der Waals surface area contributed by atoms with Gasteiger partial charge in [-0.2, -0.15) is 0 Å². The minimum atomic E-state index is 0.226. The number of nitrogens with zero attached hydrogens (tertiary/aromatic N) is 1. The zero-order valence-electron chi connectivity index (χ0n) is 15.6. The molecule has 4 heteroatoms. The SMILES string of the molecule is COc1cc2c(cc1OC)C(c1ccccc1)N(CC1CCCO1)CC2. The molecule has 1 fully saturated rings. The van der Waals surface area contributed by atoms with Crippen LogP contribution in [-0.2, 0) is 11.2 Å². The molecule has 2 aliphatic heterocycles. The molecular weight excluding hydrogens is 326 g/mol. The van der Waals surface area contributed by atoms with Crippen LogP contribution < -0.4 is 9.47 Å². The predicted octanol–water partition coefficient (Wildman–Crippen LogP) is 3.83. The fourth-order valence-corrected chi connectivity index (χ4v) is 4.27. The van der Waals surface area contributed by atoms with Crippen LogP contribution in [0.25, 0.3) is 0 Å². The third kappa shape index (κ3) is 3.31. The van der Waals surface area contributed by atoms with Gasteiger partial charge in [0.15, 0.2) is 11.5 Å². The summed E-state index contributed by atoms with van der Waals surface area (Å²) in [6.45, 7) is 2.91. The maximum Gasteiger partial charge on any atom is 0.161 e. The first-order valence-corrected chi connectivity index (χ1v) is 9.45. The molecule has 26 heavy (non-hydrogen) atoms. The number of fused-ring (bicyclic) bond motifs is 1. The Kier molecular flexibility index (Phi) is 5.14. The molecule has 2 aromatic carbocycles. The van der Waals surface area contributed by atoms with Crippen LogP contribution in [0.4, 0.5) is 0 Å². The summed E-state index contributed by atoms with van der Waals surface area (Å²) in [5.74, 6) is 1.61. The lowest BCUT2D eigenvalue weighted by Gasteiger charge is -2.39. The fraction of sp³-hybridized carbons (Fsp3) is 0.455. The van der Waals surface area contributed by atoms with E-state index in [0.717, 1.165) is 44.0 Å². The van der Waals surface area contributed by atoms with Crippen LogP contribution in [0.2, 0.25) is 0 Å². The summed E-state index contributed by atoms with van der Waals surface area (Å²) in [6, 6.07) is 15.3. The van der Waals surface area contributed by atoms with Crippen molar-refractivity contribution >= 4 is 0 Å². The molecule has 0 saturated carbocycles. The highest BCUT2D eigenvalue weighted by atomic mass is 16.5. The molecule has 4 rings (SSSR count). The van der Waals surface area contributed by atoms with Crippen molar-refractivity contribution < 1.29 is 14.2 Å². The first kappa shape index (κ1) is 17.4. The largest absolute Gasteiger partial charge is 0.493 e. The summed E-state index contributed by atoms with van der Waals surface area (Å²) in [7, 11) is 3.40. The van der Waals surface area contributed by atoms with Gasteiger partial charge in [0.05, 0.1) is 26.4 Å². The van der Waals surface area contributed by atoms with Crippen molar-refractivity contribution in [2.45, 2.75) is 31.4 Å². The minimum absolute atomic E-state index is 0.226. The molecule has 0 amide bonds. The Hall–Kier alpha value is -2.04. The van der Waals surface area contributed by atoms with Gasteiger partial charge < -0.3 is 14.2 Å². The van der Waals surface area contributed by atoms with E-state index < -0.39 is 0 Å². The molecule has 2 aromatic rings. The second kappa shape index (κ2) is 7.68. The summed E-state index contributed by atoms with van der Waals surface area (Å²) in [5.41, 5.74) is 3.98. The molecule has 0 radical (unpaired) electrons. The molecule has 4 nitrogen and oxygen atoms in total. The van der Waals surface area contributed by atoms with Crippen LogP contribution >= 0.6 is 0 Å². The zero-order chi connectivity index (χ0) is 17.9. The van der Waals surface area contributed by atoms with Gasteiger partial charge in [0.2, 0.25) is 0 Å². The summed E-state index contributed by atoms with van der Waals surface area (Å²) < 4.78 is 17.0. The average molecular weight is 353 g/mol. The van der Waals surface area contributed by atoms with Gasteiger partial charge in [0.25, 0.3) is 0 Å². The Morgan fingerprint density at radius 3 is 2.54 bits per heavy atom. The monoisotopic (exact) mass is 353 g/mol. The standard InChI is InChI=1S/C22H27NO3/c1-24-20-13-17-10-11-23(15-18-9-6-12-26-18)22(16-7-4-3-5-8-16)19(17)14-21(20)25-2/h3-5,7-8,13-14,18,22H,6,9-12,15H2,1-2H3. The maximum absolute atomic E-state index is 5.92. The smallest absolute Gasteiger partial charge is 0.161 e. The van der Waals surface area contributed by atoms with Gasteiger partial charge in [-0.05, 0) is 48.1 Å². The molecule has 2 atom stereocenters. The van der Waals surface area contributed by atoms with E-state index >= 15 is 0 Å². The zero-order valence-corrected chi connectivity index (χ0v) is 15.6. The van der Waals surface area contributed by atoms with Crippen molar-refractivity contribution in [1.29, 1.82) is 0 Å². The first-order chi connectivity index (χ1) is 12.8. The van der Waals surface area contributed by atoms with E-state index in [-0.39, 0.29) is 6.04 Å². The Bertz CT molecular complexity index is 741. The van der Waals surface area contributed by atoms with E-state index in [1.54, 1.807) is 14.2 Å². The van der Waals surface area contributed by atoms with E-state index in [9.17, 15) is 0 Å². The van der Waals surface area contributed by atoms with E-state index in [1.165, 1.54) is 23.1 Å². The minimum Gasteiger partial charge on any atom is -0.493 e. The highest BCUT2D eigenvalue weighted by Gasteiger charge is 2.32. The lowest BCUT2D eigenvalue weighted by atomic mass is 9.87. The van der Waals surface area contributed by atoms with Crippen LogP contribution in [0.3, 0.4) is 0 Å². The lowest BCUT2D eigenvalue weighted by Crippen LogP contribution is -2.40. The molecule has 0 spiro atoms. The van der Waals surface area contributed by atoms with Gasteiger partial charge in [-0.15, -0.1) is 0 Å². The van der Waals surface area contributed by atoms with Crippen LogP contribution in [-0.4, -0.2) is 44.9 Å². The molecule has 2 unspecified atom stereocenters. The van der Waals surface area contributed by atoms with Crippen LogP contribution in [0, 0.1) is 0 Å². The molecule has 1 saturated heterocycles.